The standard InChI is InChI=1S/C21H30N2O2/c1-25-19-6-4-18(5-7-19)15-23-16-21(9-8-20(23)24)10-12-22(13-11-21)14-17-2-3-17/h4-7,17H,2-3,8-16H2,1H3. The van der Waals surface area contributed by atoms with Crippen LogP contribution in [0.4, 0.5) is 0 Å². The van der Waals surface area contributed by atoms with Gasteiger partial charge in [-0.05, 0) is 74.2 Å². The van der Waals surface area contributed by atoms with Crippen LogP contribution in [-0.4, -0.2) is 49.0 Å². The SMILES string of the molecule is COc1ccc(CN2CC3(CCC2=O)CCN(CC2CC2)CC3)cc1. The largest absolute Gasteiger partial charge is 0.497 e. The minimum Gasteiger partial charge on any atom is -0.497 e. The number of rotatable bonds is 5. The summed E-state index contributed by atoms with van der Waals surface area (Å²) in [7, 11) is 1.68. The molecule has 136 valence electrons. The molecule has 1 saturated carbocycles. The predicted octanol–water partition coefficient (Wildman–Crippen LogP) is 3.31. The van der Waals surface area contributed by atoms with Crippen LogP contribution in [0.5, 0.6) is 5.75 Å². The number of piperidine rings is 2. The lowest BCUT2D eigenvalue weighted by atomic mass is 9.72. The highest BCUT2D eigenvalue weighted by atomic mass is 16.5. The van der Waals surface area contributed by atoms with Crippen molar-refractivity contribution in [2.75, 3.05) is 33.3 Å². The molecule has 1 aromatic rings. The maximum Gasteiger partial charge on any atom is 0.222 e. The van der Waals surface area contributed by atoms with E-state index in [1.165, 1.54) is 50.9 Å². The Morgan fingerprint density at radius 2 is 1.84 bits per heavy atom. The molecule has 4 heteroatoms. The molecule has 3 aliphatic rings. The molecular formula is C21H30N2O2. The van der Waals surface area contributed by atoms with Crippen LogP contribution in [0.25, 0.3) is 0 Å². The van der Waals surface area contributed by atoms with Gasteiger partial charge >= 0.3 is 0 Å². The average Bonchev–Trinajstić information content (AvgIpc) is 3.45. The number of nitrogens with zero attached hydrogens (tertiary/aromatic N) is 2. The lowest BCUT2D eigenvalue weighted by Gasteiger charge is -2.47. The molecule has 1 aliphatic carbocycles. The Morgan fingerprint density at radius 1 is 1.12 bits per heavy atom. The number of hydrogen-bond acceptors (Lipinski definition) is 3. The summed E-state index contributed by atoms with van der Waals surface area (Å²) in [5, 5.41) is 0. The van der Waals surface area contributed by atoms with Gasteiger partial charge in [-0.1, -0.05) is 12.1 Å². The molecule has 3 fully saturated rings. The van der Waals surface area contributed by atoms with E-state index in [9.17, 15) is 4.79 Å². The van der Waals surface area contributed by atoms with Crippen LogP contribution in [0, 0.1) is 11.3 Å². The monoisotopic (exact) mass is 342 g/mol. The van der Waals surface area contributed by atoms with Crippen LogP contribution < -0.4 is 4.74 Å². The van der Waals surface area contributed by atoms with E-state index in [4.69, 9.17) is 4.74 Å². The number of amides is 1. The van der Waals surface area contributed by atoms with Gasteiger partial charge in [-0.15, -0.1) is 0 Å². The van der Waals surface area contributed by atoms with Crippen LogP contribution in [0.15, 0.2) is 24.3 Å². The van der Waals surface area contributed by atoms with Crippen LogP contribution in [0.2, 0.25) is 0 Å². The molecule has 1 amide bonds. The Hall–Kier alpha value is -1.55. The van der Waals surface area contributed by atoms with Crippen molar-refractivity contribution in [2.45, 2.75) is 45.1 Å². The third kappa shape index (κ3) is 4.00. The maximum absolute atomic E-state index is 12.5. The van der Waals surface area contributed by atoms with E-state index in [2.05, 4.69) is 21.9 Å². The molecule has 2 aliphatic heterocycles. The number of carbonyl (C=O) groups excluding carboxylic acids is 1. The molecule has 25 heavy (non-hydrogen) atoms. The van der Waals surface area contributed by atoms with Crippen molar-refractivity contribution in [1.82, 2.24) is 9.80 Å². The van der Waals surface area contributed by atoms with E-state index < -0.39 is 0 Å². The summed E-state index contributed by atoms with van der Waals surface area (Å²) < 4.78 is 5.23. The maximum atomic E-state index is 12.5. The van der Waals surface area contributed by atoms with E-state index in [-0.39, 0.29) is 0 Å². The molecule has 0 N–H and O–H groups in total. The van der Waals surface area contributed by atoms with E-state index >= 15 is 0 Å². The molecule has 4 rings (SSSR count). The highest BCUT2D eigenvalue weighted by Gasteiger charge is 2.41. The summed E-state index contributed by atoms with van der Waals surface area (Å²) in [5.74, 6) is 2.17. The van der Waals surface area contributed by atoms with Crippen molar-refractivity contribution < 1.29 is 9.53 Å². The van der Waals surface area contributed by atoms with E-state index in [1.54, 1.807) is 7.11 Å². The topological polar surface area (TPSA) is 32.8 Å². The molecule has 4 nitrogen and oxygen atoms in total. The van der Waals surface area contributed by atoms with Crippen molar-refractivity contribution in [2.24, 2.45) is 11.3 Å². The molecule has 1 spiro atoms. The third-order valence-corrected chi connectivity index (χ3v) is 6.41. The summed E-state index contributed by atoms with van der Waals surface area (Å²) >= 11 is 0. The summed E-state index contributed by atoms with van der Waals surface area (Å²) in [4.78, 5) is 17.2. The summed E-state index contributed by atoms with van der Waals surface area (Å²) in [6, 6.07) is 8.11. The minimum absolute atomic E-state index is 0.321. The van der Waals surface area contributed by atoms with E-state index in [0.29, 0.717) is 11.3 Å². The number of benzene rings is 1. The van der Waals surface area contributed by atoms with Gasteiger partial charge in [-0.2, -0.15) is 0 Å². The van der Waals surface area contributed by atoms with Gasteiger partial charge < -0.3 is 14.5 Å². The van der Waals surface area contributed by atoms with Crippen LogP contribution in [0.3, 0.4) is 0 Å². The van der Waals surface area contributed by atoms with E-state index in [0.717, 1.165) is 37.6 Å². The first-order valence-corrected chi connectivity index (χ1v) is 9.79. The van der Waals surface area contributed by atoms with Crippen LogP contribution in [-0.2, 0) is 11.3 Å². The van der Waals surface area contributed by atoms with E-state index in [1.807, 2.05) is 12.1 Å². The van der Waals surface area contributed by atoms with Gasteiger partial charge in [0.1, 0.15) is 5.75 Å². The minimum atomic E-state index is 0.321. The van der Waals surface area contributed by atoms with Gasteiger partial charge in [0.25, 0.3) is 0 Å². The lowest BCUT2D eigenvalue weighted by Crippen LogP contribution is -2.51. The number of carbonyl (C=O) groups is 1. The predicted molar refractivity (Wildman–Crippen MR) is 98.5 cm³/mol. The van der Waals surface area contributed by atoms with Gasteiger partial charge in [0.15, 0.2) is 0 Å². The number of likely N-dealkylation sites (tertiary alicyclic amines) is 2. The fourth-order valence-corrected chi connectivity index (χ4v) is 4.48. The highest BCUT2D eigenvalue weighted by Crippen LogP contribution is 2.41. The summed E-state index contributed by atoms with van der Waals surface area (Å²) in [6.07, 6.45) is 7.19. The second-order valence-corrected chi connectivity index (χ2v) is 8.34. The zero-order valence-electron chi connectivity index (χ0n) is 15.4. The number of methoxy groups -OCH3 is 1. The molecule has 2 heterocycles. The first kappa shape index (κ1) is 16.9. The summed E-state index contributed by atoms with van der Waals surface area (Å²) in [6.45, 7) is 5.43. The van der Waals surface area contributed by atoms with Gasteiger partial charge in [-0.25, -0.2) is 0 Å². The Labute approximate surface area is 151 Å². The molecule has 2 saturated heterocycles. The van der Waals surface area contributed by atoms with Crippen molar-refractivity contribution in [3.8, 4) is 5.75 Å². The zero-order valence-corrected chi connectivity index (χ0v) is 15.4. The molecule has 1 aromatic carbocycles. The molecule has 0 bridgehead atoms. The molecule has 0 radical (unpaired) electrons. The first-order chi connectivity index (χ1) is 12.2. The molecular weight excluding hydrogens is 312 g/mol. The van der Waals surface area contributed by atoms with Crippen molar-refractivity contribution in [1.29, 1.82) is 0 Å². The van der Waals surface area contributed by atoms with Crippen molar-refractivity contribution in [3.63, 3.8) is 0 Å². The molecule has 0 unspecified atom stereocenters. The van der Waals surface area contributed by atoms with Gasteiger partial charge in [0.05, 0.1) is 7.11 Å². The fourth-order valence-electron chi connectivity index (χ4n) is 4.48. The lowest BCUT2D eigenvalue weighted by molar-refractivity contribution is -0.139. The number of ether oxygens (including phenoxy) is 1. The Kier molecular flexibility index (Phi) is 4.72. The third-order valence-electron chi connectivity index (χ3n) is 6.41. The Bertz CT molecular complexity index is 601. The fraction of sp³-hybridized carbons (Fsp3) is 0.667. The first-order valence-electron chi connectivity index (χ1n) is 9.79. The second-order valence-electron chi connectivity index (χ2n) is 8.34. The second kappa shape index (κ2) is 6.99. The zero-order chi connectivity index (χ0) is 17.3. The Morgan fingerprint density at radius 3 is 2.48 bits per heavy atom. The van der Waals surface area contributed by atoms with Gasteiger partial charge in [0.2, 0.25) is 5.91 Å². The molecule has 0 aromatic heterocycles. The molecule has 0 atom stereocenters. The van der Waals surface area contributed by atoms with Crippen molar-refractivity contribution >= 4 is 5.91 Å². The smallest absolute Gasteiger partial charge is 0.222 e. The van der Waals surface area contributed by atoms with Gasteiger partial charge in [0, 0.05) is 26.1 Å². The Balaban J connectivity index is 1.36. The summed E-state index contributed by atoms with van der Waals surface area (Å²) in [5.41, 5.74) is 1.55. The van der Waals surface area contributed by atoms with Crippen molar-refractivity contribution in [3.05, 3.63) is 29.8 Å². The van der Waals surface area contributed by atoms with Gasteiger partial charge in [-0.3, -0.25) is 4.79 Å². The van der Waals surface area contributed by atoms with Crippen LogP contribution in [0.1, 0.15) is 44.1 Å². The highest BCUT2D eigenvalue weighted by molar-refractivity contribution is 5.77. The normalized spacial score (nSPS) is 23.9. The van der Waals surface area contributed by atoms with Crippen LogP contribution >= 0.6 is 0 Å². The quantitative estimate of drug-likeness (QED) is 0.823. The number of hydrogen-bond donors (Lipinski definition) is 0. The average molecular weight is 342 g/mol.